The first-order valence-electron chi connectivity index (χ1n) is 16.0. The van der Waals surface area contributed by atoms with Gasteiger partial charge in [0.25, 0.3) is 0 Å². The summed E-state index contributed by atoms with van der Waals surface area (Å²) in [6.07, 6.45) is 4.60. The Labute approximate surface area is 264 Å². The van der Waals surface area contributed by atoms with Crippen LogP contribution in [0.5, 0.6) is 0 Å². The first kappa shape index (κ1) is 33.7. The zero-order chi connectivity index (χ0) is 31.4. The Morgan fingerprint density at radius 3 is 2.09 bits per heavy atom. The van der Waals surface area contributed by atoms with Gasteiger partial charge in [0.1, 0.15) is 6.61 Å². The predicted octanol–water partition coefficient (Wildman–Crippen LogP) is 7.02. The molecule has 0 aromatic heterocycles. The van der Waals surface area contributed by atoms with Crippen molar-refractivity contribution in [2.24, 2.45) is 5.92 Å². The highest BCUT2D eigenvalue weighted by atomic mass is 32.2. The molecule has 0 spiro atoms. The van der Waals surface area contributed by atoms with Crippen molar-refractivity contribution in [3.8, 4) is 0 Å². The van der Waals surface area contributed by atoms with E-state index in [1.54, 1.807) is 31.3 Å². The van der Waals surface area contributed by atoms with Gasteiger partial charge in [0, 0.05) is 39.3 Å². The van der Waals surface area contributed by atoms with Crippen LogP contribution in [0.4, 0.5) is 4.79 Å². The van der Waals surface area contributed by atoms with Crippen molar-refractivity contribution >= 4 is 16.1 Å². The van der Waals surface area contributed by atoms with Gasteiger partial charge in [0.05, 0.1) is 4.90 Å². The number of likely N-dealkylation sites (tertiary alicyclic amines) is 1. The lowest BCUT2D eigenvalue weighted by Crippen LogP contribution is -2.49. The van der Waals surface area contributed by atoms with Gasteiger partial charge in [0.2, 0.25) is 10.0 Å². The van der Waals surface area contributed by atoms with E-state index >= 15 is 0 Å². The fraction of sp³-hybridized carbons (Fsp3) is 0.472. The number of sulfonamides is 1. The maximum absolute atomic E-state index is 13.3. The van der Waals surface area contributed by atoms with Crippen molar-refractivity contribution in [1.29, 1.82) is 0 Å². The number of carbonyl (C=O) groups excluding carboxylic acids is 1. The molecule has 1 fully saturated rings. The second kappa shape index (κ2) is 16.8. The van der Waals surface area contributed by atoms with Crippen LogP contribution in [0, 0.1) is 5.92 Å². The van der Waals surface area contributed by atoms with Crippen LogP contribution in [-0.2, 0) is 21.4 Å². The molecule has 2 atom stereocenters. The van der Waals surface area contributed by atoms with Crippen LogP contribution in [0.25, 0.3) is 0 Å². The molecule has 1 aliphatic heterocycles. The fourth-order valence-electron chi connectivity index (χ4n) is 6.16. The summed E-state index contributed by atoms with van der Waals surface area (Å²) in [7, 11) is -1.90. The number of nitrogens with zero attached hydrogens (tertiary/aromatic N) is 3. The number of ether oxygens (including phenoxy) is 1. The van der Waals surface area contributed by atoms with E-state index in [0.29, 0.717) is 23.9 Å². The number of amides is 1. The third-order valence-electron chi connectivity index (χ3n) is 8.72. The predicted molar refractivity (Wildman–Crippen MR) is 177 cm³/mol. The normalized spacial score (nSPS) is 16.0. The summed E-state index contributed by atoms with van der Waals surface area (Å²) in [5, 5.41) is 0. The Balaban J connectivity index is 1.36. The summed E-state index contributed by atoms with van der Waals surface area (Å²) in [5.41, 5.74) is 2.14. The molecule has 4 rings (SSSR count). The topological polar surface area (TPSA) is 70.2 Å². The van der Waals surface area contributed by atoms with Gasteiger partial charge >= 0.3 is 6.09 Å². The van der Waals surface area contributed by atoms with Crippen LogP contribution in [0.3, 0.4) is 0 Å². The van der Waals surface area contributed by atoms with Gasteiger partial charge in [-0.3, -0.25) is 0 Å². The van der Waals surface area contributed by atoms with Gasteiger partial charge in [-0.15, -0.1) is 0 Å². The van der Waals surface area contributed by atoms with E-state index in [1.165, 1.54) is 4.31 Å². The fourth-order valence-corrected chi connectivity index (χ4v) is 7.39. The average molecular weight is 620 g/mol. The van der Waals surface area contributed by atoms with Gasteiger partial charge < -0.3 is 14.5 Å². The SMILES string of the molecule is CCCC(C)CN(C(=O)OCc1ccccc1)C1CCN(CCC(CN(C)S(=O)(=O)c2ccccc2)c2ccccc2)CC1. The van der Waals surface area contributed by atoms with Crippen LogP contribution < -0.4 is 0 Å². The number of hydrogen-bond donors (Lipinski definition) is 0. The molecule has 3 aromatic carbocycles. The minimum Gasteiger partial charge on any atom is -0.445 e. The molecule has 0 aliphatic carbocycles. The van der Waals surface area contributed by atoms with Crippen LogP contribution in [-0.4, -0.2) is 74.4 Å². The van der Waals surface area contributed by atoms with Gasteiger partial charge in [-0.1, -0.05) is 99.1 Å². The van der Waals surface area contributed by atoms with E-state index in [0.717, 1.165) is 62.9 Å². The highest BCUT2D eigenvalue weighted by Crippen LogP contribution is 2.26. The maximum Gasteiger partial charge on any atom is 0.410 e. The lowest BCUT2D eigenvalue weighted by Gasteiger charge is -2.39. The second-order valence-electron chi connectivity index (χ2n) is 12.2. The Morgan fingerprint density at radius 2 is 1.48 bits per heavy atom. The number of piperidine rings is 1. The molecule has 1 amide bonds. The van der Waals surface area contributed by atoms with E-state index in [9.17, 15) is 13.2 Å². The molecule has 1 aliphatic rings. The van der Waals surface area contributed by atoms with Crippen LogP contribution in [0.1, 0.15) is 63.0 Å². The number of hydrogen-bond acceptors (Lipinski definition) is 5. The van der Waals surface area contributed by atoms with Crippen molar-refractivity contribution in [3.05, 3.63) is 102 Å². The molecule has 238 valence electrons. The Hall–Kier alpha value is -3.20. The zero-order valence-corrected chi connectivity index (χ0v) is 27.4. The van der Waals surface area contributed by atoms with Crippen molar-refractivity contribution in [2.45, 2.75) is 69.4 Å². The number of benzene rings is 3. The first-order chi connectivity index (χ1) is 21.3. The molecule has 0 radical (unpaired) electrons. The first-order valence-corrected chi connectivity index (χ1v) is 17.5. The minimum atomic E-state index is -3.58. The van der Waals surface area contributed by atoms with E-state index in [1.807, 2.05) is 59.5 Å². The number of carbonyl (C=O) groups is 1. The van der Waals surface area contributed by atoms with Crippen molar-refractivity contribution in [2.75, 3.05) is 39.8 Å². The summed E-state index contributed by atoms with van der Waals surface area (Å²) in [6.45, 7) is 8.48. The van der Waals surface area contributed by atoms with Gasteiger partial charge in [-0.2, -0.15) is 0 Å². The lowest BCUT2D eigenvalue weighted by molar-refractivity contribution is 0.0533. The zero-order valence-electron chi connectivity index (χ0n) is 26.6. The second-order valence-corrected chi connectivity index (χ2v) is 14.2. The minimum absolute atomic E-state index is 0.0665. The third-order valence-corrected chi connectivity index (χ3v) is 10.6. The number of rotatable bonds is 15. The molecule has 0 saturated carbocycles. The molecule has 0 bridgehead atoms. The lowest BCUT2D eigenvalue weighted by atomic mass is 9.94. The quantitative estimate of drug-likeness (QED) is 0.183. The molecule has 0 N–H and O–H groups in total. The molecular formula is C36H49N3O4S. The highest BCUT2D eigenvalue weighted by Gasteiger charge is 2.31. The molecule has 3 aromatic rings. The summed E-state index contributed by atoms with van der Waals surface area (Å²) in [4.78, 5) is 18.1. The molecule has 7 nitrogen and oxygen atoms in total. The molecule has 44 heavy (non-hydrogen) atoms. The largest absolute Gasteiger partial charge is 0.445 e. The van der Waals surface area contributed by atoms with E-state index < -0.39 is 10.0 Å². The summed E-state index contributed by atoms with van der Waals surface area (Å²) < 4.78 is 33.8. The molecule has 8 heteroatoms. The monoisotopic (exact) mass is 619 g/mol. The standard InChI is InChI=1S/C36H49N3O4S/c1-4-14-30(2)27-39(36(40)43-29-31-15-8-5-9-16-31)34-22-25-38(26-23-34)24-21-33(32-17-10-6-11-18-32)28-37(3)44(41,42)35-19-12-7-13-20-35/h5-13,15-20,30,33-34H,4,14,21-29H2,1-3H3. The summed E-state index contributed by atoms with van der Waals surface area (Å²) in [6, 6.07) is 28.9. The van der Waals surface area contributed by atoms with Crippen LogP contribution in [0.2, 0.25) is 0 Å². The molecule has 2 unspecified atom stereocenters. The van der Waals surface area contributed by atoms with E-state index in [2.05, 4.69) is 30.9 Å². The Kier molecular flexibility index (Phi) is 12.8. The summed E-state index contributed by atoms with van der Waals surface area (Å²) in [5.74, 6) is 0.481. The molecule has 1 heterocycles. The summed E-state index contributed by atoms with van der Waals surface area (Å²) >= 11 is 0. The van der Waals surface area contributed by atoms with Gasteiger partial charge in [0.15, 0.2) is 0 Å². The van der Waals surface area contributed by atoms with Crippen molar-refractivity contribution in [3.63, 3.8) is 0 Å². The molecule has 1 saturated heterocycles. The van der Waals surface area contributed by atoms with Crippen LogP contribution in [0.15, 0.2) is 95.9 Å². The third kappa shape index (κ3) is 9.65. The highest BCUT2D eigenvalue weighted by molar-refractivity contribution is 7.89. The Morgan fingerprint density at radius 1 is 0.886 bits per heavy atom. The van der Waals surface area contributed by atoms with Gasteiger partial charge in [-0.25, -0.2) is 17.5 Å². The van der Waals surface area contributed by atoms with Gasteiger partial charge in [-0.05, 0) is 67.3 Å². The maximum atomic E-state index is 13.3. The van der Waals surface area contributed by atoms with E-state index in [4.69, 9.17) is 4.74 Å². The van der Waals surface area contributed by atoms with Crippen LogP contribution >= 0.6 is 0 Å². The average Bonchev–Trinajstić information content (AvgIpc) is 3.06. The molecular weight excluding hydrogens is 570 g/mol. The van der Waals surface area contributed by atoms with E-state index in [-0.39, 0.29) is 24.7 Å². The van der Waals surface area contributed by atoms with Crippen molar-refractivity contribution < 1.29 is 17.9 Å². The smallest absolute Gasteiger partial charge is 0.410 e. The number of likely N-dealkylation sites (N-methyl/N-ethyl adjacent to an activating group) is 1. The van der Waals surface area contributed by atoms with Crippen molar-refractivity contribution in [1.82, 2.24) is 14.1 Å². The Bertz CT molecular complexity index is 1360.